The smallest absolute Gasteiger partial charge is 0.268 e. The topological polar surface area (TPSA) is 57.7 Å². The molecule has 1 aliphatic carbocycles. The van der Waals surface area contributed by atoms with Gasteiger partial charge in [-0.05, 0) is 38.2 Å². The van der Waals surface area contributed by atoms with Crippen molar-refractivity contribution < 1.29 is 14.4 Å². The fraction of sp³-hybridized carbons (Fsp3) is 0.526. The van der Waals surface area contributed by atoms with Crippen molar-refractivity contribution in [3.8, 4) is 0 Å². The summed E-state index contributed by atoms with van der Waals surface area (Å²) in [6.07, 6.45) is 4.15. The molecule has 3 rings (SSSR count). The molecule has 0 aromatic heterocycles. The van der Waals surface area contributed by atoms with E-state index in [1.54, 1.807) is 13.8 Å². The van der Waals surface area contributed by atoms with Gasteiger partial charge in [-0.2, -0.15) is 0 Å². The highest BCUT2D eigenvalue weighted by Crippen LogP contribution is 2.56. The van der Waals surface area contributed by atoms with Crippen LogP contribution in [0.15, 0.2) is 31.3 Å². The molecular formula is C19H24N2O3S2. The van der Waals surface area contributed by atoms with Crippen molar-refractivity contribution in [3.05, 3.63) is 31.3 Å². The Morgan fingerprint density at radius 1 is 0.962 bits per heavy atom. The summed E-state index contributed by atoms with van der Waals surface area (Å²) in [6, 6.07) is -0.519. The molecular weight excluding hydrogens is 368 g/mol. The van der Waals surface area contributed by atoms with Crippen molar-refractivity contribution >= 4 is 41.4 Å². The zero-order chi connectivity index (χ0) is 19.2. The van der Waals surface area contributed by atoms with E-state index in [9.17, 15) is 14.4 Å². The average Bonchev–Trinajstić information content (AvgIpc) is 2.97. The van der Waals surface area contributed by atoms with E-state index in [0.29, 0.717) is 4.24 Å². The summed E-state index contributed by atoms with van der Waals surface area (Å²) in [5, 5.41) is 0. The van der Waals surface area contributed by atoms with E-state index in [4.69, 9.17) is 0 Å². The van der Waals surface area contributed by atoms with Crippen LogP contribution in [0.5, 0.6) is 0 Å². The third-order valence-corrected chi connectivity index (χ3v) is 7.46. The third-order valence-electron chi connectivity index (χ3n) is 4.80. The molecule has 4 amide bonds. The SMILES string of the molecule is CCN1C(=O)C(=C2SC3=C(CCC(C(C)(C)C)=C3)S2)C(=O)N(CC)C1=O. The van der Waals surface area contributed by atoms with Crippen LogP contribution >= 0.6 is 23.5 Å². The minimum atomic E-state index is -0.519. The average molecular weight is 393 g/mol. The van der Waals surface area contributed by atoms with E-state index >= 15 is 0 Å². The fourth-order valence-corrected chi connectivity index (χ4v) is 5.95. The van der Waals surface area contributed by atoms with Gasteiger partial charge in [0, 0.05) is 22.9 Å². The van der Waals surface area contributed by atoms with Gasteiger partial charge in [0.15, 0.2) is 0 Å². The summed E-state index contributed by atoms with van der Waals surface area (Å²) in [4.78, 5) is 42.6. The number of nitrogens with zero attached hydrogens (tertiary/aromatic N) is 2. The molecule has 26 heavy (non-hydrogen) atoms. The second-order valence-electron chi connectivity index (χ2n) is 7.45. The van der Waals surface area contributed by atoms with E-state index < -0.39 is 17.8 Å². The zero-order valence-corrected chi connectivity index (χ0v) is 17.5. The third kappa shape index (κ3) is 3.16. The molecule has 2 aliphatic heterocycles. The zero-order valence-electron chi connectivity index (χ0n) is 15.8. The molecule has 7 heteroatoms. The number of urea groups is 1. The van der Waals surface area contributed by atoms with Crippen molar-refractivity contribution in [2.24, 2.45) is 5.41 Å². The first-order chi connectivity index (χ1) is 12.2. The van der Waals surface area contributed by atoms with Crippen molar-refractivity contribution in [2.75, 3.05) is 13.1 Å². The van der Waals surface area contributed by atoms with Gasteiger partial charge in [0.1, 0.15) is 5.57 Å². The molecule has 2 heterocycles. The predicted octanol–water partition coefficient (Wildman–Crippen LogP) is 4.49. The number of allylic oxidation sites excluding steroid dienone is 3. The second kappa shape index (κ2) is 6.93. The molecule has 1 saturated heterocycles. The number of carbonyl (C=O) groups is 3. The molecule has 0 saturated carbocycles. The second-order valence-corrected chi connectivity index (χ2v) is 9.87. The van der Waals surface area contributed by atoms with Gasteiger partial charge in [0.25, 0.3) is 11.8 Å². The quantitative estimate of drug-likeness (QED) is 0.512. The number of thioether (sulfide) groups is 2. The van der Waals surface area contributed by atoms with Gasteiger partial charge in [-0.15, -0.1) is 0 Å². The van der Waals surface area contributed by atoms with Crippen LogP contribution in [0.25, 0.3) is 0 Å². The Balaban J connectivity index is 1.97. The van der Waals surface area contributed by atoms with E-state index in [0.717, 1.165) is 27.5 Å². The van der Waals surface area contributed by atoms with Crippen LogP contribution in [0.2, 0.25) is 0 Å². The number of hydrogen-bond acceptors (Lipinski definition) is 5. The van der Waals surface area contributed by atoms with Crippen LogP contribution < -0.4 is 0 Å². The van der Waals surface area contributed by atoms with Gasteiger partial charge in [-0.1, -0.05) is 49.9 Å². The Labute approximate surface area is 162 Å². The lowest BCUT2D eigenvalue weighted by atomic mass is 9.82. The minimum Gasteiger partial charge on any atom is -0.268 e. The number of likely N-dealkylation sites (N-methyl/N-ethyl adjacent to an activating group) is 2. The number of rotatable bonds is 2. The Bertz CT molecular complexity index is 759. The molecule has 0 unspecified atom stereocenters. The van der Waals surface area contributed by atoms with E-state index in [2.05, 4.69) is 26.8 Å². The highest BCUT2D eigenvalue weighted by molar-refractivity contribution is 8.28. The maximum atomic E-state index is 12.8. The highest BCUT2D eigenvalue weighted by atomic mass is 32.2. The van der Waals surface area contributed by atoms with Crippen LogP contribution in [-0.2, 0) is 9.59 Å². The maximum absolute atomic E-state index is 12.8. The normalized spacial score (nSPS) is 21.7. The molecule has 0 bridgehead atoms. The van der Waals surface area contributed by atoms with Crippen LogP contribution in [0.3, 0.4) is 0 Å². The first kappa shape index (κ1) is 19.3. The van der Waals surface area contributed by atoms with Gasteiger partial charge in [0.05, 0.1) is 4.24 Å². The van der Waals surface area contributed by atoms with Gasteiger partial charge in [-0.25, -0.2) is 4.79 Å². The van der Waals surface area contributed by atoms with E-state index in [1.165, 1.54) is 34.0 Å². The predicted molar refractivity (Wildman–Crippen MR) is 106 cm³/mol. The highest BCUT2D eigenvalue weighted by Gasteiger charge is 2.44. The van der Waals surface area contributed by atoms with Crippen LogP contribution in [0, 0.1) is 5.41 Å². The van der Waals surface area contributed by atoms with Crippen molar-refractivity contribution in [1.29, 1.82) is 0 Å². The number of carbonyl (C=O) groups excluding carboxylic acids is 3. The Morgan fingerprint density at radius 3 is 2.04 bits per heavy atom. The molecule has 0 spiro atoms. The molecule has 1 fully saturated rings. The lowest BCUT2D eigenvalue weighted by molar-refractivity contribution is -0.135. The summed E-state index contributed by atoms with van der Waals surface area (Å²) in [5.74, 6) is -0.941. The molecule has 0 radical (unpaired) electrons. The van der Waals surface area contributed by atoms with Gasteiger partial charge in [0.2, 0.25) is 0 Å². The fourth-order valence-electron chi connectivity index (χ4n) is 3.21. The van der Waals surface area contributed by atoms with Crippen molar-refractivity contribution in [1.82, 2.24) is 9.80 Å². The van der Waals surface area contributed by atoms with Crippen molar-refractivity contribution in [3.63, 3.8) is 0 Å². The van der Waals surface area contributed by atoms with E-state index in [-0.39, 0.29) is 24.1 Å². The molecule has 5 nitrogen and oxygen atoms in total. The molecule has 0 N–H and O–H groups in total. The van der Waals surface area contributed by atoms with Crippen LogP contribution in [-0.4, -0.2) is 40.7 Å². The number of imide groups is 2. The molecule has 0 aromatic carbocycles. The summed E-state index contributed by atoms with van der Waals surface area (Å²) in [5.41, 5.74) is 1.64. The van der Waals surface area contributed by atoms with Gasteiger partial charge >= 0.3 is 6.03 Å². The summed E-state index contributed by atoms with van der Waals surface area (Å²) < 4.78 is 0.709. The Morgan fingerprint density at radius 2 is 1.54 bits per heavy atom. The lowest BCUT2D eigenvalue weighted by Gasteiger charge is -2.33. The summed E-state index contributed by atoms with van der Waals surface area (Å²) in [6.45, 7) is 10.6. The number of barbiturate groups is 1. The molecule has 0 aromatic rings. The van der Waals surface area contributed by atoms with E-state index in [1.807, 2.05) is 0 Å². The monoisotopic (exact) mass is 392 g/mol. The first-order valence-corrected chi connectivity index (χ1v) is 10.5. The standard InChI is InChI=1S/C19H24N2O3S2/c1-6-20-15(22)14(16(23)21(7-2)18(20)24)17-25-12-9-8-11(19(3,4)5)10-13(12)26-17/h10H,6-9H2,1-5H3. The summed E-state index contributed by atoms with van der Waals surface area (Å²) in [7, 11) is 0. The Kier molecular flexibility index (Phi) is 5.14. The maximum Gasteiger partial charge on any atom is 0.333 e. The van der Waals surface area contributed by atoms with Crippen LogP contribution in [0.1, 0.15) is 47.5 Å². The Hall–Kier alpha value is -1.47. The molecule has 140 valence electrons. The summed E-state index contributed by atoms with van der Waals surface area (Å²) >= 11 is 3.01. The largest absolute Gasteiger partial charge is 0.333 e. The number of amides is 4. The van der Waals surface area contributed by atoms with Gasteiger partial charge in [-0.3, -0.25) is 19.4 Å². The van der Waals surface area contributed by atoms with Crippen molar-refractivity contribution in [2.45, 2.75) is 47.5 Å². The van der Waals surface area contributed by atoms with Gasteiger partial charge < -0.3 is 0 Å². The van der Waals surface area contributed by atoms with Crippen LogP contribution in [0.4, 0.5) is 4.79 Å². The minimum absolute atomic E-state index is 0.112. The number of hydrogen-bond donors (Lipinski definition) is 0. The first-order valence-electron chi connectivity index (χ1n) is 8.90. The molecule has 3 aliphatic rings. The lowest BCUT2D eigenvalue weighted by Crippen LogP contribution is -2.56. The molecule has 0 atom stereocenters.